The molecule has 0 amide bonds. The van der Waals surface area contributed by atoms with E-state index < -0.39 is 24.7 Å². The van der Waals surface area contributed by atoms with Crippen LogP contribution in [0, 0.1) is 0 Å². The zero-order valence-electron chi connectivity index (χ0n) is 28.0. The summed E-state index contributed by atoms with van der Waals surface area (Å²) in [7, 11) is 2.79. The Kier molecular flexibility index (Phi) is 9.31. The molecule has 2 N–H and O–H groups in total. The number of methoxy groups -OCH3 is 1. The summed E-state index contributed by atoms with van der Waals surface area (Å²) in [5.41, 5.74) is 2.42. The third kappa shape index (κ3) is 6.81. The van der Waals surface area contributed by atoms with Crippen molar-refractivity contribution in [2.45, 2.75) is 44.4 Å². The Morgan fingerprint density at radius 2 is 1.79 bits per heavy atom. The van der Waals surface area contributed by atoms with Crippen molar-refractivity contribution in [2.24, 2.45) is 0 Å². The van der Waals surface area contributed by atoms with E-state index in [9.17, 15) is 17.7 Å². The van der Waals surface area contributed by atoms with Crippen molar-refractivity contribution in [1.29, 1.82) is 0 Å². The largest absolute Gasteiger partial charge is 0.494 e. The highest BCUT2D eigenvalue weighted by molar-refractivity contribution is 7.70. The van der Waals surface area contributed by atoms with Gasteiger partial charge in [0, 0.05) is 56.2 Å². The molecule has 6 rings (SSSR count). The number of aryl methyl sites for hydroxylation is 1. The highest BCUT2D eigenvalue weighted by atomic mass is 31.2. The number of likely N-dealkylation sites (N-methyl/N-ethyl adjacent to an activating group) is 1. The third-order valence-electron chi connectivity index (χ3n) is 9.24. The van der Waals surface area contributed by atoms with Gasteiger partial charge in [0.25, 0.3) is 0 Å². The molecule has 4 aromatic rings. The van der Waals surface area contributed by atoms with Crippen LogP contribution < -0.4 is 25.7 Å². The maximum atomic E-state index is 14.2. The molecule has 48 heavy (non-hydrogen) atoms. The Morgan fingerprint density at radius 3 is 2.42 bits per heavy atom. The SMILES string of the molecule is CCc1cc(Nc2ncc(C(F)(F)F)c(Nc3ccc4ncnn4c3P(C)(C)=O)n2)c(OC)cc1N1CCC(N2CC(N(C)C)C2)CC1. The number of fused-ring (bicyclic) bond motifs is 1. The van der Waals surface area contributed by atoms with Crippen LogP contribution in [0.25, 0.3) is 5.65 Å². The van der Waals surface area contributed by atoms with Crippen molar-refractivity contribution >= 4 is 47.1 Å². The Bertz CT molecular complexity index is 1830. The summed E-state index contributed by atoms with van der Waals surface area (Å²) in [5, 5.41) is 10.0. The molecule has 2 aliphatic rings. The number of hydrogen-bond acceptors (Lipinski definition) is 11. The zero-order chi connectivity index (χ0) is 34.4. The van der Waals surface area contributed by atoms with Crippen LogP contribution in [0.2, 0.25) is 0 Å². The topological polar surface area (TPSA) is 116 Å². The van der Waals surface area contributed by atoms with Crippen molar-refractivity contribution in [2.75, 3.05) is 76.2 Å². The number of nitrogens with one attached hydrogen (secondary N) is 2. The number of likely N-dealkylation sites (tertiary alicyclic amines) is 1. The first kappa shape index (κ1) is 33.9. The van der Waals surface area contributed by atoms with Crippen LogP contribution in [0.4, 0.5) is 42.0 Å². The highest BCUT2D eigenvalue weighted by Gasteiger charge is 2.37. The van der Waals surface area contributed by atoms with E-state index in [1.165, 1.54) is 30.2 Å². The van der Waals surface area contributed by atoms with Crippen LogP contribution in [0.15, 0.2) is 36.8 Å². The number of benzene rings is 1. The first-order valence-corrected chi connectivity index (χ1v) is 18.6. The van der Waals surface area contributed by atoms with Crippen LogP contribution in [-0.4, -0.2) is 107 Å². The van der Waals surface area contributed by atoms with E-state index in [-0.39, 0.29) is 17.1 Å². The standard InChI is InChI=1S/C32H42F3N10O2P/c1-7-20-14-25(27(47-4)15-26(20)43-12-10-21(11-13-43)44-17-22(18-44)42(2)3)40-31-36-16-23(32(33,34)35)29(41-31)39-24-8-9-28-37-19-38-45(28)30(24)48(5,6)46/h8-9,14-16,19,21-22H,7,10-13,17-18H2,1-6H3,(H2,36,39,40,41). The molecule has 0 spiro atoms. The van der Waals surface area contributed by atoms with Gasteiger partial charge in [0.15, 0.2) is 5.65 Å². The third-order valence-corrected chi connectivity index (χ3v) is 10.7. The van der Waals surface area contributed by atoms with Crippen molar-refractivity contribution in [3.05, 3.63) is 47.9 Å². The van der Waals surface area contributed by atoms with Gasteiger partial charge in [0.05, 0.1) is 18.5 Å². The van der Waals surface area contributed by atoms with Crippen molar-refractivity contribution < 1.29 is 22.5 Å². The highest BCUT2D eigenvalue weighted by Crippen LogP contribution is 2.41. The molecule has 2 aliphatic heterocycles. The molecule has 2 saturated heterocycles. The first-order valence-electron chi connectivity index (χ1n) is 16.0. The van der Waals surface area contributed by atoms with Gasteiger partial charge in [0.2, 0.25) is 5.95 Å². The van der Waals surface area contributed by atoms with Gasteiger partial charge in [-0.05, 0) is 70.5 Å². The molecule has 0 atom stereocenters. The summed E-state index contributed by atoms with van der Waals surface area (Å²) in [5.74, 6) is -0.0391. The Balaban J connectivity index is 1.26. The van der Waals surface area contributed by atoms with Gasteiger partial charge in [0.1, 0.15) is 36.0 Å². The minimum absolute atomic E-state index is 0.0652. The number of nitrogens with zero attached hydrogens (tertiary/aromatic N) is 8. The van der Waals surface area contributed by atoms with Crippen molar-refractivity contribution in [1.82, 2.24) is 34.4 Å². The Morgan fingerprint density at radius 1 is 1.06 bits per heavy atom. The summed E-state index contributed by atoms with van der Waals surface area (Å²) in [6.45, 7) is 9.20. The number of alkyl halides is 3. The van der Waals surface area contributed by atoms with E-state index in [0.29, 0.717) is 29.2 Å². The van der Waals surface area contributed by atoms with E-state index in [1.807, 2.05) is 12.1 Å². The van der Waals surface area contributed by atoms with E-state index in [4.69, 9.17) is 4.74 Å². The number of halogens is 3. The Labute approximate surface area is 278 Å². The molecule has 0 saturated carbocycles. The number of ether oxygens (including phenoxy) is 1. The van der Waals surface area contributed by atoms with Crippen molar-refractivity contribution in [3.8, 4) is 5.75 Å². The number of hydrogen-bond donors (Lipinski definition) is 2. The number of pyridine rings is 1. The van der Waals surface area contributed by atoms with Crippen LogP contribution in [0.3, 0.4) is 0 Å². The monoisotopic (exact) mass is 686 g/mol. The summed E-state index contributed by atoms with van der Waals surface area (Å²) in [6, 6.07) is 8.25. The number of anilines is 5. The molecule has 0 radical (unpaired) electrons. The molecule has 3 aromatic heterocycles. The maximum Gasteiger partial charge on any atom is 0.421 e. The van der Waals surface area contributed by atoms with Gasteiger partial charge in [-0.2, -0.15) is 23.3 Å². The smallest absolute Gasteiger partial charge is 0.421 e. The van der Waals surface area contributed by atoms with Crippen LogP contribution in [-0.2, 0) is 17.2 Å². The van der Waals surface area contributed by atoms with Gasteiger partial charge in [-0.1, -0.05) is 6.92 Å². The second-order valence-corrected chi connectivity index (χ2v) is 16.1. The summed E-state index contributed by atoms with van der Waals surface area (Å²) in [4.78, 5) is 19.7. The van der Waals surface area contributed by atoms with Crippen LogP contribution in [0.1, 0.15) is 30.9 Å². The summed E-state index contributed by atoms with van der Waals surface area (Å²) in [6.07, 6.45) is 0.174. The molecule has 12 nitrogen and oxygen atoms in total. The van der Waals surface area contributed by atoms with E-state index in [0.717, 1.165) is 62.9 Å². The lowest BCUT2D eigenvalue weighted by atomic mass is 9.96. The molecule has 16 heteroatoms. The van der Waals surface area contributed by atoms with Crippen LogP contribution in [0.5, 0.6) is 5.75 Å². The van der Waals surface area contributed by atoms with E-state index in [1.54, 1.807) is 13.2 Å². The van der Waals surface area contributed by atoms with Gasteiger partial charge in [-0.3, -0.25) is 4.90 Å². The molecule has 0 unspecified atom stereocenters. The van der Waals surface area contributed by atoms with Crippen molar-refractivity contribution in [3.63, 3.8) is 0 Å². The predicted molar refractivity (Wildman–Crippen MR) is 182 cm³/mol. The Hall–Kier alpha value is -3.94. The molecule has 5 heterocycles. The number of rotatable bonds is 10. The second kappa shape index (κ2) is 13.2. The van der Waals surface area contributed by atoms with Gasteiger partial charge >= 0.3 is 6.18 Å². The molecule has 258 valence electrons. The predicted octanol–water partition coefficient (Wildman–Crippen LogP) is 5.06. The minimum Gasteiger partial charge on any atom is -0.494 e. The fourth-order valence-corrected chi connectivity index (χ4v) is 7.85. The lowest BCUT2D eigenvalue weighted by Crippen LogP contribution is -2.62. The number of piperidine rings is 1. The van der Waals surface area contributed by atoms with Crippen LogP contribution >= 0.6 is 7.14 Å². The summed E-state index contributed by atoms with van der Waals surface area (Å²) >= 11 is 0. The average Bonchev–Trinajstić information content (AvgIpc) is 3.48. The maximum absolute atomic E-state index is 14.2. The quantitative estimate of drug-likeness (QED) is 0.218. The normalized spacial score (nSPS) is 16.8. The van der Waals surface area contributed by atoms with E-state index in [2.05, 4.69) is 66.4 Å². The van der Waals surface area contributed by atoms with E-state index >= 15 is 0 Å². The lowest BCUT2D eigenvalue weighted by molar-refractivity contribution is -0.137. The van der Waals surface area contributed by atoms with Gasteiger partial charge < -0.3 is 29.7 Å². The lowest BCUT2D eigenvalue weighted by Gasteiger charge is -2.49. The molecule has 0 aliphatic carbocycles. The van der Waals surface area contributed by atoms with Gasteiger partial charge in [-0.25, -0.2) is 14.5 Å². The molecular weight excluding hydrogens is 644 g/mol. The molecule has 0 bridgehead atoms. The minimum atomic E-state index is -4.76. The molecular formula is C32H42F3N10O2P. The second-order valence-electron chi connectivity index (χ2n) is 13.0. The first-order chi connectivity index (χ1) is 22.8. The molecule has 2 fully saturated rings. The summed E-state index contributed by atoms with van der Waals surface area (Å²) < 4.78 is 62.9. The average molecular weight is 687 g/mol. The number of aromatic nitrogens is 5. The van der Waals surface area contributed by atoms with Gasteiger partial charge in [-0.15, -0.1) is 0 Å². The fraction of sp³-hybridized carbons (Fsp3) is 0.500. The molecule has 1 aromatic carbocycles. The zero-order valence-corrected chi connectivity index (χ0v) is 28.9. The fourth-order valence-electron chi connectivity index (χ4n) is 6.52.